The van der Waals surface area contributed by atoms with Crippen LogP contribution in [0.15, 0.2) is 43.5 Å². The van der Waals surface area contributed by atoms with Crippen molar-refractivity contribution >= 4 is 28.7 Å². The van der Waals surface area contributed by atoms with Gasteiger partial charge in [0.1, 0.15) is 17.3 Å². The maximum atomic E-state index is 12.7. The number of nitrogens with zero attached hydrogens (tertiary/aromatic N) is 4. The Morgan fingerprint density at radius 2 is 2.07 bits per heavy atom. The zero-order valence-corrected chi connectivity index (χ0v) is 14.2. The Morgan fingerprint density at radius 3 is 2.81 bits per heavy atom. The van der Waals surface area contributed by atoms with E-state index in [1.54, 1.807) is 18.5 Å². The molecule has 6 nitrogen and oxygen atoms in total. The van der Waals surface area contributed by atoms with Crippen LogP contribution in [0, 0.1) is 0 Å². The predicted molar refractivity (Wildman–Crippen MR) is 97.3 cm³/mol. The van der Waals surface area contributed by atoms with Crippen molar-refractivity contribution in [3.05, 3.63) is 49.2 Å². The minimum Gasteiger partial charge on any atom is -0.345 e. The molecule has 0 saturated carbocycles. The van der Waals surface area contributed by atoms with Crippen LogP contribution >= 0.6 is 0 Å². The maximum absolute atomic E-state index is 12.7. The number of hydrogen-bond donors (Lipinski definition) is 2. The van der Waals surface area contributed by atoms with Crippen molar-refractivity contribution in [2.24, 2.45) is 0 Å². The van der Waals surface area contributed by atoms with E-state index in [1.807, 2.05) is 22.7 Å². The SMILES string of the molecule is C=Cc1cnc2ccc(-c3c[nH]c4nc(N[C@H](C)C(F)(F)F)ncc34)cn12. The zero-order chi connectivity index (χ0) is 19.2. The fourth-order valence-corrected chi connectivity index (χ4v) is 2.80. The van der Waals surface area contributed by atoms with E-state index in [0.717, 1.165) is 29.4 Å². The molecule has 0 saturated heterocycles. The maximum Gasteiger partial charge on any atom is 0.408 e. The fourth-order valence-electron chi connectivity index (χ4n) is 2.80. The molecule has 9 heteroatoms. The van der Waals surface area contributed by atoms with Gasteiger partial charge in [-0.25, -0.2) is 9.97 Å². The third kappa shape index (κ3) is 3.01. The number of rotatable bonds is 4. The summed E-state index contributed by atoms with van der Waals surface area (Å²) < 4.78 is 40.0. The second-order valence-corrected chi connectivity index (χ2v) is 6.10. The van der Waals surface area contributed by atoms with Crippen LogP contribution in [-0.2, 0) is 0 Å². The summed E-state index contributed by atoms with van der Waals surface area (Å²) in [6.45, 7) is 4.79. The molecule has 4 heterocycles. The van der Waals surface area contributed by atoms with Gasteiger partial charge in [-0.1, -0.05) is 6.58 Å². The summed E-state index contributed by atoms with van der Waals surface area (Å²) in [6.07, 6.45) is 4.24. The summed E-state index contributed by atoms with van der Waals surface area (Å²) in [5.74, 6) is -0.0836. The first-order valence-corrected chi connectivity index (χ1v) is 8.14. The number of halogens is 3. The van der Waals surface area contributed by atoms with Crippen molar-refractivity contribution in [2.75, 3.05) is 5.32 Å². The minimum atomic E-state index is -4.37. The van der Waals surface area contributed by atoms with Crippen LogP contribution in [0.1, 0.15) is 12.6 Å². The lowest BCUT2D eigenvalue weighted by atomic mass is 10.1. The standard InChI is InChI=1S/C18H15F3N6/c1-3-12-6-22-15-5-4-11(9-27(12)15)13-7-23-16-14(13)8-24-17(26-16)25-10(2)18(19,20)21/h3-10H,1H2,2H3,(H2,23,24,25,26)/t10-/m1/s1. The van der Waals surface area contributed by atoms with Gasteiger partial charge >= 0.3 is 6.18 Å². The van der Waals surface area contributed by atoms with Gasteiger partial charge in [-0.05, 0) is 25.1 Å². The molecule has 27 heavy (non-hydrogen) atoms. The zero-order valence-electron chi connectivity index (χ0n) is 14.2. The lowest BCUT2D eigenvalue weighted by Crippen LogP contribution is -2.33. The molecule has 4 aromatic heterocycles. The number of imidazole rings is 1. The van der Waals surface area contributed by atoms with Crippen molar-refractivity contribution in [2.45, 2.75) is 19.1 Å². The lowest BCUT2D eigenvalue weighted by molar-refractivity contribution is -0.138. The summed E-state index contributed by atoms with van der Waals surface area (Å²) >= 11 is 0. The summed E-state index contributed by atoms with van der Waals surface area (Å²) in [6, 6.07) is 2.05. The van der Waals surface area contributed by atoms with Crippen molar-refractivity contribution in [3.8, 4) is 11.1 Å². The molecule has 0 fully saturated rings. The Bertz CT molecular complexity index is 1140. The van der Waals surface area contributed by atoms with Crippen LogP contribution in [0.5, 0.6) is 0 Å². The Labute approximate surface area is 151 Å². The Kier molecular flexibility index (Phi) is 3.87. The largest absolute Gasteiger partial charge is 0.408 e. The van der Waals surface area contributed by atoms with E-state index in [2.05, 4.69) is 31.8 Å². The average molecular weight is 372 g/mol. The molecule has 4 aromatic rings. The highest BCUT2D eigenvalue weighted by atomic mass is 19.4. The van der Waals surface area contributed by atoms with E-state index < -0.39 is 12.2 Å². The van der Waals surface area contributed by atoms with Gasteiger partial charge in [-0.2, -0.15) is 18.2 Å². The first kappa shape index (κ1) is 17.1. The number of hydrogen-bond acceptors (Lipinski definition) is 4. The van der Waals surface area contributed by atoms with E-state index in [0.29, 0.717) is 11.0 Å². The number of fused-ring (bicyclic) bond motifs is 2. The van der Waals surface area contributed by atoms with E-state index in [-0.39, 0.29) is 5.95 Å². The third-order valence-corrected chi connectivity index (χ3v) is 4.32. The molecular weight excluding hydrogens is 357 g/mol. The van der Waals surface area contributed by atoms with Gasteiger partial charge in [0.05, 0.1) is 11.9 Å². The van der Waals surface area contributed by atoms with Crippen LogP contribution < -0.4 is 5.32 Å². The molecule has 0 spiro atoms. The number of anilines is 1. The monoisotopic (exact) mass is 372 g/mol. The molecule has 0 aliphatic carbocycles. The Balaban J connectivity index is 1.72. The summed E-state index contributed by atoms with van der Waals surface area (Å²) in [7, 11) is 0. The Morgan fingerprint density at radius 1 is 1.26 bits per heavy atom. The minimum absolute atomic E-state index is 0.0836. The van der Waals surface area contributed by atoms with Crippen molar-refractivity contribution in [1.82, 2.24) is 24.3 Å². The van der Waals surface area contributed by atoms with Crippen LogP contribution in [-0.4, -0.2) is 36.6 Å². The van der Waals surface area contributed by atoms with E-state index in [9.17, 15) is 13.2 Å². The second-order valence-electron chi connectivity index (χ2n) is 6.10. The topological polar surface area (TPSA) is 70.9 Å². The quantitative estimate of drug-likeness (QED) is 0.561. The molecule has 138 valence electrons. The molecule has 0 amide bonds. The van der Waals surface area contributed by atoms with Crippen LogP contribution in [0.4, 0.5) is 19.1 Å². The van der Waals surface area contributed by atoms with Crippen LogP contribution in [0.2, 0.25) is 0 Å². The molecule has 0 bridgehead atoms. The highest BCUT2D eigenvalue weighted by Crippen LogP contribution is 2.29. The third-order valence-electron chi connectivity index (χ3n) is 4.32. The smallest absolute Gasteiger partial charge is 0.345 e. The van der Waals surface area contributed by atoms with Gasteiger partial charge in [0.15, 0.2) is 0 Å². The molecule has 4 rings (SSSR count). The van der Waals surface area contributed by atoms with Crippen molar-refractivity contribution < 1.29 is 13.2 Å². The first-order valence-electron chi connectivity index (χ1n) is 8.14. The van der Waals surface area contributed by atoms with E-state index in [1.165, 1.54) is 6.20 Å². The van der Waals surface area contributed by atoms with Crippen LogP contribution in [0.3, 0.4) is 0 Å². The fraction of sp³-hybridized carbons (Fsp3) is 0.167. The molecule has 0 radical (unpaired) electrons. The number of aromatic nitrogens is 5. The highest BCUT2D eigenvalue weighted by molar-refractivity contribution is 5.93. The summed E-state index contributed by atoms with van der Waals surface area (Å²) in [5, 5.41) is 2.98. The predicted octanol–water partition coefficient (Wildman–Crippen LogP) is 4.28. The van der Waals surface area contributed by atoms with E-state index in [4.69, 9.17) is 0 Å². The number of pyridine rings is 1. The van der Waals surface area contributed by atoms with Gasteiger partial charge in [0.25, 0.3) is 0 Å². The number of alkyl halides is 3. The molecule has 0 aliphatic heterocycles. The molecule has 0 aliphatic rings. The van der Waals surface area contributed by atoms with Gasteiger partial charge in [-0.15, -0.1) is 0 Å². The summed E-state index contributed by atoms with van der Waals surface area (Å²) in [5.41, 5.74) is 3.83. The van der Waals surface area contributed by atoms with Crippen molar-refractivity contribution in [1.29, 1.82) is 0 Å². The molecule has 0 unspecified atom stereocenters. The van der Waals surface area contributed by atoms with E-state index >= 15 is 0 Å². The molecular formula is C18H15F3N6. The highest BCUT2D eigenvalue weighted by Gasteiger charge is 2.36. The normalized spacial score (nSPS) is 13.2. The number of nitrogens with one attached hydrogen (secondary N) is 2. The van der Waals surface area contributed by atoms with Gasteiger partial charge in [-0.3, -0.25) is 4.40 Å². The van der Waals surface area contributed by atoms with Gasteiger partial charge in [0.2, 0.25) is 5.95 Å². The van der Waals surface area contributed by atoms with Crippen molar-refractivity contribution in [3.63, 3.8) is 0 Å². The molecule has 1 atom stereocenters. The summed E-state index contributed by atoms with van der Waals surface area (Å²) in [4.78, 5) is 15.5. The Hall–Kier alpha value is -3.36. The molecule has 2 N–H and O–H groups in total. The first-order chi connectivity index (χ1) is 12.9. The van der Waals surface area contributed by atoms with Gasteiger partial charge < -0.3 is 10.3 Å². The lowest BCUT2D eigenvalue weighted by Gasteiger charge is -2.16. The number of aromatic amines is 1. The van der Waals surface area contributed by atoms with Crippen LogP contribution in [0.25, 0.3) is 33.9 Å². The second kappa shape index (κ2) is 6.11. The number of H-pyrrole nitrogens is 1. The molecule has 0 aromatic carbocycles. The average Bonchev–Trinajstić information content (AvgIpc) is 3.23. The van der Waals surface area contributed by atoms with Gasteiger partial charge in [0, 0.05) is 35.1 Å².